The molecule has 2 aliphatic rings. The molecule has 3 atom stereocenters. The first-order valence-corrected chi connectivity index (χ1v) is 8.03. The summed E-state index contributed by atoms with van der Waals surface area (Å²) in [6, 6.07) is -1.29. The number of amides is 2. The van der Waals surface area contributed by atoms with E-state index in [1.54, 1.807) is 0 Å². The number of hydrogen-bond donors (Lipinski definition) is 2. The van der Waals surface area contributed by atoms with E-state index in [4.69, 9.17) is 5.73 Å². The van der Waals surface area contributed by atoms with Gasteiger partial charge >= 0.3 is 0 Å². The molecule has 0 unspecified atom stereocenters. The van der Waals surface area contributed by atoms with Crippen molar-refractivity contribution in [3.05, 3.63) is 0 Å². The second kappa shape index (κ2) is 6.36. The van der Waals surface area contributed by atoms with E-state index in [0.29, 0.717) is 25.3 Å². The first-order valence-electron chi connectivity index (χ1n) is 8.03. The molecule has 2 fully saturated rings. The van der Waals surface area contributed by atoms with Gasteiger partial charge in [0.2, 0.25) is 11.8 Å². The third-order valence-corrected chi connectivity index (χ3v) is 4.41. The van der Waals surface area contributed by atoms with Crippen LogP contribution in [0.3, 0.4) is 0 Å². The van der Waals surface area contributed by atoms with Gasteiger partial charge in [-0.05, 0) is 30.6 Å². The molecule has 3 N–H and O–H groups in total. The third-order valence-electron chi connectivity index (χ3n) is 4.41. The van der Waals surface area contributed by atoms with Gasteiger partial charge in [0, 0.05) is 19.0 Å². The van der Waals surface area contributed by atoms with Crippen LogP contribution in [0.25, 0.3) is 0 Å². The molecule has 1 saturated heterocycles. The second-order valence-electron chi connectivity index (χ2n) is 7.70. The highest BCUT2D eigenvalue weighted by Crippen LogP contribution is 2.32. The zero-order chi connectivity index (χ0) is 16.5. The Kier molecular flexibility index (Phi) is 4.90. The summed E-state index contributed by atoms with van der Waals surface area (Å²) in [4.78, 5) is 37.6. The fourth-order valence-electron chi connectivity index (χ4n) is 2.90. The molecule has 1 aliphatic carbocycles. The predicted octanol–water partition coefficient (Wildman–Crippen LogP) is 0.445. The largest absolute Gasteiger partial charge is 0.344 e. The van der Waals surface area contributed by atoms with Gasteiger partial charge in [-0.3, -0.25) is 9.59 Å². The Balaban J connectivity index is 2.08. The Labute approximate surface area is 131 Å². The summed E-state index contributed by atoms with van der Waals surface area (Å²) in [5, 5.41) is 2.88. The van der Waals surface area contributed by atoms with Gasteiger partial charge in [-0.25, -0.2) is 0 Å². The van der Waals surface area contributed by atoms with E-state index >= 15 is 0 Å². The molecule has 6 nitrogen and oxygen atoms in total. The smallest absolute Gasteiger partial charge is 0.246 e. The number of nitrogens with zero attached hydrogens (tertiary/aromatic N) is 1. The minimum Gasteiger partial charge on any atom is -0.344 e. The van der Waals surface area contributed by atoms with Crippen molar-refractivity contribution in [2.75, 3.05) is 6.54 Å². The number of hydrogen-bond acceptors (Lipinski definition) is 4. The Morgan fingerprint density at radius 1 is 1.36 bits per heavy atom. The van der Waals surface area contributed by atoms with Crippen molar-refractivity contribution < 1.29 is 14.4 Å². The number of likely N-dealkylation sites (tertiary alicyclic amines) is 1. The Bertz CT molecular complexity index is 454. The van der Waals surface area contributed by atoms with Crippen LogP contribution in [-0.2, 0) is 14.4 Å². The van der Waals surface area contributed by atoms with E-state index in [2.05, 4.69) is 5.32 Å². The van der Waals surface area contributed by atoms with E-state index in [0.717, 1.165) is 19.1 Å². The summed E-state index contributed by atoms with van der Waals surface area (Å²) in [7, 11) is 0. The highest BCUT2D eigenvalue weighted by molar-refractivity contribution is 5.90. The maximum absolute atomic E-state index is 12.8. The molecule has 6 heteroatoms. The Morgan fingerprint density at radius 2 is 2.00 bits per heavy atom. The van der Waals surface area contributed by atoms with Gasteiger partial charge in [0.15, 0.2) is 0 Å². The van der Waals surface area contributed by atoms with Crippen LogP contribution >= 0.6 is 0 Å². The topological polar surface area (TPSA) is 92.5 Å². The van der Waals surface area contributed by atoms with E-state index in [1.807, 2.05) is 20.8 Å². The summed E-state index contributed by atoms with van der Waals surface area (Å²) < 4.78 is 0. The van der Waals surface area contributed by atoms with Crippen LogP contribution in [0.2, 0.25) is 0 Å². The van der Waals surface area contributed by atoms with Crippen LogP contribution in [0.5, 0.6) is 0 Å². The average Bonchev–Trinajstić information content (AvgIpc) is 3.13. The van der Waals surface area contributed by atoms with Crippen molar-refractivity contribution in [2.45, 2.75) is 64.6 Å². The molecule has 124 valence electrons. The number of aldehydes is 1. The number of nitrogens with one attached hydrogen (secondary N) is 1. The molecule has 0 radical (unpaired) electrons. The lowest BCUT2D eigenvalue weighted by atomic mass is 9.85. The summed E-state index contributed by atoms with van der Waals surface area (Å²) in [6.45, 7) is 6.12. The maximum atomic E-state index is 12.8. The minimum absolute atomic E-state index is 0.0816. The lowest BCUT2D eigenvalue weighted by Gasteiger charge is -2.34. The van der Waals surface area contributed by atoms with Gasteiger partial charge in [-0.2, -0.15) is 0 Å². The molecule has 1 saturated carbocycles. The zero-order valence-electron chi connectivity index (χ0n) is 13.7. The summed E-state index contributed by atoms with van der Waals surface area (Å²) in [5.74, 6) is 0.183. The fourth-order valence-corrected chi connectivity index (χ4v) is 2.90. The third kappa shape index (κ3) is 4.06. The molecule has 0 aromatic carbocycles. The van der Waals surface area contributed by atoms with Gasteiger partial charge in [0.05, 0.1) is 6.04 Å². The zero-order valence-corrected chi connectivity index (χ0v) is 13.7. The molecule has 0 aromatic rings. The van der Waals surface area contributed by atoms with Crippen molar-refractivity contribution in [1.82, 2.24) is 10.2 Å². The van der Waals surface area contributed by atoms with Crippen molar-refractivity contribution in [3.8, 4) is 0 Å². The van der Waals surface area contributed by atoms with Crippen molar-refractivity contribution in [1.29, 1.82) is 0 Å². The monoisotopic (exact) mass is 309 g/mol. The van der Waals surface area contributed by atoms with Crippen LogP contribution in [0, 0.1) is 11.3 Å². The fraction of sp³-hybridized carbons (Fsp3) is 0.812. The van der Waals surface area contributed by atoms with Crippen LogP contribution in [0.1, 0.15) is 46.5 Å². The molecule has 0 bridgehead atoms. The van der Waals surface area contributed by atoms with Crippen molar-refractivity contribution in [3.63, 3.8) is 0 Å². The van der Waals surface area contributed by atoms with E-state index in [1.165, 1.54) is 4.90 Å². The van der Waals surface area contributed by atoms with Crippen LogP contribution in [0.15, 0.2) is 0 Å². The average molecular weight is 309 g/mol. The molecule has 22 heavy (non-hydrogen) atoms. The molecule has 0 aromatic heterocycles. The lowest BCUT2D eigenvalue weighted by Crippen LogP contribution is -2.56. The standard InChI is InChI=1S/C16H27N3O3/c1-16(2,3)14(18-13(21)6-10-4-5-10)15(22)19-8-11(17)7-12(19)9-20/h9-12,14H,4-8,17H2,1-3H3,(H,18,21)/t11-,12+,14-/m1/s1. The van der Waals surface area contributed by atoms with E-state index in [9.17, 15) is 14.4 Å². The molecular formula is C16H27N3O3. The van der Waals surface area contributed by atoms with Crippen LogP contribution in [-0.4, -0.2) is 47.7 Å². The van der Waals surface area contributed by atoms with E-state index in [-0.39, 0.29) is 17.9 Å². The predicted molar refractivity (Wildman–Crippen MR) is 82.9 cm³/mol. The summed E-state index contributed by atoms with van der Waals surface area (Å²) in [6.07, 6.45) is 3.93. The van der Waals surface area contributed by atoms with Crippen LogP contribution < -0.4 is 11.1 Å². The number of carbonyl (C=O) groups excluding carboxylic acids is 3. The number of rotatable bonds is 5. The summed E-state index contributed by atoms with van der Waals surface area (Å²) in [5.41, 5.74) is 5.45. The van der Waals surface area contributed by atoms with Gasteiger partial charge in [-0.15, -0.1) is 0 Å². The molecule has 1 heterocycles. The highest BCUT2D eigenvalue weighted by atomic mass is 16.2. The lowest BCUT2D eigenvalue weighted by molar-refractivity contribution is -0.141. The van der Waals surface area contributed by atoms with Gasteiger partial charge in [0.25, 0.3) is 0 Å². The van der Waals surface area contributed by atoms with Crippen LogP contribution in [0.4, 0.5) is 0 Å². The minimum atomic E-state index is -0.633. The molecule has 2 amide bonds. The molecular weight excluding hydrogens is 282 g/mol. The van der Waals surface area contributed by atoms with Gasteiger partial charge in [0.1, 0.15) is 12.3 Å². The van der Waals surface area contributed by atoms with Gasteiger partial charge < -0.3 is 20.7 Å². The van der Waals surface area contributed by atoms with Gasteiger partial charge in [-0.1, -0.05) is 20.8 Å². The first kappa shape index (κ1) is 16.9. The van der Waals surface area contributed by atoms with E-state index < -0.39 is 17.5 Å². The van der Waals surface area contributed by atoms with Crippen molar-refractivity contribution >= 4 is 18.1 Å². The SMILES string of the molecule is CC(C)(C)[C@H](NC(=O)CC1CC1)C(=O)N1C[C@H](N)C[C@H]1C=O. The Morgan fingerprint density at radius 3 is 2.50 bits per heavy atom. The highest BCUT2D eigenvalue weighted by Gasteiger charge is 2.41. The number of nitrogens with two attached hydrogens (primary N) is 1. The Hall–Kier alpha value is -1.43. The first-order chi connectivity index (χ1) is 10.2. The normalized spacial score (nSPS) is 26.6. The molecule has 2 rings (SSSR count). The number of carbonyl (C=O) groups is 3. The van der Waals surface area contributed by atoms with Crippen molar-refractivity contribution in [2.24, 2.45) is 17.1 Å². The maximum Gasteiger partial charge on any atom is 0.246 e. The molecule has 0 spiro atoms. The quantitative estimate of drug-likeness (QED) is 0.721. The molecule has 1 aliphatic heterocycles. The summed E-state index contributed by atoms with van der Waals surface area (Å²) >= 11 is 0. The second-order valence-corrected chi connectivity index (χ2v) is 7.70.